The third-order valence-electron chi connectivity index (χ3n) is 8.67. The van der Waals surface area contributed by atoms with E-state index >= 15 is 0 Å². The summed E-state index contributed by atoms with van der Waals surface area (Å²) in [7, 11) is -3.74. The summed E-state index contributed by atoms with van der Waals surface area (Å²) in [6.45, 7) is 0. The molecule has 0 aliphatic rings. The second kappa shape index (κ2) is 15.3. The number of nitrogens with zero attached hydrogens (tertiary/aromatic N) is 1. The van der Waals surface area contributed by atoms with Gasteiger partial charge in [0.25, 0.3) is 0 Å². The molecule has 0 N–H and O–H groups in total. The van der Waals surface area contributed by atoms with E-state index in [1.54, 1.807) is 0 Å². The zero-order valence-electron chi connectivity index (χ0n) is 27.1. The maximum atomic E-state index is 13.0. The van der Waals surface area contributed by atoms with Crippen LogP contribution in [0.5, 0.6) is 0 Å². The summed E-state index contributed by atoms with van der Waals surface area (Å²) in [5, 5.41) is 4.28. The predicted molar refractivity (Wildman–Crippen MR) is 215 cm³/mol. The van der Waals surface area contributed by atoms with Crippen molar-refractivity contribution in [1.82, 2.24) is 4.57 Å². The lowest BCUT2D eigenvalue weighted by Gasteiger charge is -2.08. The van der Waals surface area contributed by atoms with Gasteiger partial charge in [0.2, 0.25) is 0 Å². The molecule has 0 saturated carbocycles. The van der Waals surface area contributed by atoms with Crippen LogP contribution in [0, 0.1) is 0 Å². The zero-order valence-corrected chi connectivity index (χ0v) is 29.1. The van der Waals surface area contributed by atoms with Crippen LogP contribution in [0.15, 0.2) is 164 Å². The minimum Gasteiger partial charge on any atom is -0.322 e. The van der Waals surface area contributed by atoms with E-state index in [2.05, 4.69) is 114 Å². The molecule has 7 aromatic rings. The van der Waals surface area contributed by atoms with E-state index in [0.29, 0.717) is 12.3 Å². The average Bonchev–Trinajstić information content (AvgIpc) is 3.48. The summed E-state index contributed by atoms with van der Waals surface area (Å²) in [6.07, 6.45) is 13.5. The molecule has 0 bridgehead atoms. The summed E-state index contributed by atoms with van der Waals surface area (Å²) in [4.78, 5) is 0. The number of hydrogen-bond donors (Lipinski definition) is 0. The van der Waals surface area contributed by atoms with Crippen molar-refractivity contribution in [2.45, 2.75) is 0 Å². The molecule has 0 amide bonds. The molecule has 1 aromatic heterocycles. The lowest BCUT2D eigenvalue weighted by Crippen LogP contribution is -1.95. The van der Waals surface area contributed by atoms with Crippen molar-refractivity contribution in [3.63, 3.8) is 0 Å². The van der Waals surface area contributed by atoms with Crippen LogP contribution < -0.4 is 10.6 Å². The van der Waals surface area contributed by atoms with Crippen LogP contribution in [0.1, 0.15) is 16.7 Å². The van der Waals surface area contributed by atoms with Crippen molar-refractivity contribution in [1.29, 1.82) is 0 Å². The molecule has 3 nitrogen and oxygen atoms in total. The Hall–Kier alpha value is -5.20. The van der Waals surface area contributed by atoms with Crippen LogP contribution in [0.4, 0.5) is 0 Å². The molecule has 7 rings (SSSR count). The van der Waals surface area contributed by atoms with Crippen molar-refractivity contribution in [3.8, 4) is 11.1 Å². The standard InChI is InChI=1S/C44H37NO2P2/c46-48(39-15-3-1-4-16-39)29-11-13-34-23-25-37(26-24-34)38-32-35(14-12-30-49(47)40-17-5-2-6-18-40)31-36(33-38)27-28-45-43-21-9-7-19-41(43)42-20-8-10-22-44(42)45/h1-28,31-33,48-49H,29-30H2/b13-11+,14-12+,28-27+. The van der Waals surface area contributed by atoms with Gasteiger partial charge >= 0.3 is 0 Å². The number of fused-ring (bicyclic) bond motifs is 3. The Morgan fingerprint density at radius 3 is 1.47 bits per heavy atom. The van der Waals surface area contributed by atoms with Gasteiger partial charge in [-0.2, -0.15) is 0 Å². The average molecular weight is 674 g/mol. The molecule has 49 heavy (non-hydrogen) atoms. The number of para-hydroxylation sites is 2. The number of benzene rings is 6. The second-order valence-electron chi connectivity index (χ2n) is 12.0. The molecule has 0 saturated heterocycles. The first kappa shape index (κ1) is 32.4. The van der Waals surface area contributed by atoms with Gasteiger partial charge < -0.3 is 13.7 Å². The van der Waals surface area contributed by atoms with Crippen LogP contribution >= 0.6 is 15.6 Å². The van der Waals surface area contributed by atoms with Crippen molar-refractivity contribution in [2.24, 2.45) is 0 Å². The van der Waals surface area contributed by atoms with Gasteiger partial charge in [0.1, 0.15) is 15.6 Å². The van der Waals surface area contributed by atoms with E-state index in [4.69, 9.17) is 0 Å². The van der Waals surface area contributed by atoms with E-state index in [1.165, 1.54) is 21.8 Å². The van der Waals surface area contributed by atoms with Gasteiger partial charge in [0.15, 0.2) is 0 Å². The van der Waals surface area contributed by atoms with Gasteiger partial charge in [0.05, 0.1) is 11.0 Å². The van der Waals surface area contributed by atoms with Crippen LogP contribution in [0.2, 0.25) is 0 Å². The van der Waals surface area contributed by atoms with Gasteiger partial charge in [-0.3, -0.25) is 0 Å². The van der Waals surface area contributed by atoms with Crippen LogP contribution in [0.25, 0.3) is 57.4 Å². The monoisotopic (exact) mass is 673 g/mol. The fourth-order valence-corrected chi connectivity index (χ4v) is 8.45. The largest absolute Gasteiger partial charge is 0.322 e. The maximum Gasteiger partial charge on any atom is 0.107 e. The highest BCUT2D eigenvalue weighted by Gasteiger charge is 2.08. The van der Waals surface area contributed by atoms with Crippen molar-refractivity contribution >= 4 is 72.4 Å². The molecule has 6 aromatic carbocycles. The SMILES string of the molecule is O=[PH](C/C=C/c1ccc(-c2cc(/C=C/C[PH](=O)c3ccccc3)cc(/C=C/n3c4ccccc4c4ccccc43)c2)cc1)c1ccccc1. The number of aromatic nitrogens is 1. The fourth-order valence-electron chi connectivity index (χ4n) is 6.18. The van der Waals surface area contributed by atoms with Gasteiger partial charge in [-0.05, 0) is 64.2 Å². The third kappa shape index (κ3) is 7.76. The van der Waals surface area contributed by atoms with Crippen molar-refractivity contribution < 1.29 is 9.13 Å². The topological polar surface area (TPSA) is 39.1 Å². The normalized spacial score (nSPS) is 13.2. The van der Waals surface area contributed by atoms with Gasteiger partial charge in [-0.15, -0.1) is 0 Å². The zero-order chi connectivity index (χ0) is 33.4. The molecule has 1 heterocycles. The highest BCUT2D eigenvalue weighted by Crippen LogP contribution is 2.31. The van der Waals surface area contributed by atoms with E-state index < -0.39 is 15.6 Å². The lowest BCUT2D eigenvalue weighted by atomic mass is 9.98. The summed E-state index contributed by atoms with van der Waals surface area (Å²) in [6, 6.07) is 51.5. The Morgan fingerprint density at radius 2 is 0.918 bits per heavy atom. The fraction of sp³-hybridized carbons (Fsp3) is 0.0455. The number of allylic oxidation sites excluding steroid dienone is 2. The molecular formula is C44H37NO2P2. The highest BCUT2D eigenvalue weighted by molar-refractivity contribution is 7.54. The van der Waals surface area contributed by atoms with Crippen molar-refractivity contribution in [3.05, 3.63) is 181 Å². The first-order valence-corrected chi connectivity index (χ1v) is 19.8. The molecule has 240 valence electrons. The second-order valence-corrected chi connectivity index (χ2v) is 15.7. The summed E-state index contributed by atoms with van der Waals surface area (Å²) < 4.78 is 27.9. The minimum atomic E-state index is -1.90. The minimum absolute atomic E-state index is 0.517. The first-order valence-electron chi connectivity index (χ1n) is 16.5. The van der Waals surface area contributed by atoms with Gasteiger partial charge in [-0.25, -0.2) is 0 Å². The molecule has 0 spiro atoms. The van der Waals surface area contributed by atoms with E-state index in [1.807, 2.05) is 78.9 Å². The molecule has 0 radical (unpaired) electrons. The Labute approximate surface area is 289 Å². The number of hydrogen-bond acceptors (Lipinski definition) is 2. The smallest absolute Gasteiger partial charge is 0.107 e. The van der Waals surface area contributed by atoms with E-state index in [0.717, 1.165) is 38.4 Å². The molecule has 2 unspecified atom stereocenters. The molecular weight excluding hydrogens is 636 g/mol. The third-order valence-corrected chi connectivity index (χ3v) is 11.8. The Kier molecular flexibility index (Phi) is 10.1. The van der Waals surface area contributed by atoms with Crippen LogP contribution in [0.3, 0.4) is 0 Å². The Balaban J connectivity index is 1.17. The summed E-state index contributed by atoms with van der Waals surface area (Å²) in [5.41, 5.74) is 7.74. The first-order chi connectivity index (χ1) is 24.1. The van der Waals surface area contributed by atoms with Gasteiger partial charge in [-0.1, -0.05) is 146 Å². The molecule has 5 heteroatoms. The van der Waals surface area contributed by atoms with Crippen LogP contribution in [-0.4, -0.2) is 16.9 Å². The molecule has 0 fully saturated rings. The van der Waals surface area contributed by atoms with Gasteiger partial charge in [0, 0.05) is 39.9 Å². The highest BCUT2D eigenvalue weighted by atomic mass is 31.1. The summed E-state index contributed by atoms with van der Waals surface area (Å²) >= 11 is 0. The Bertz CT molecular complexity index is 2300. The van der Waals surface area contributed by atoms with Crippen LogP contribution in [-0.2, 0) is 9.13 Å². The lowest BCUT2D eigenvalue weighted by molar-refractivity contribution is 0.594. The van der Waals surface area contributed by atoms with Crippen molar-refractivity contribution in [2.75, 3.05) is 12.3 Å². The van der Waals surface area contributed by atoms with E-state index in [-0.39, 0.29) is 0 Å². The maximum absolute atomic E-state index is 13.0. The molecule has 0 aliphatic carbocycles. The molecule has 0 aliphatic heterocycles. The van der Waals surface area contributed by atoms with E-state index in [9.17, 15) is 9.13 Å². The quantitative estimate of drug-likeness (QED) is 0.128. The Morgan fingerprint density at radius 1 is 0.449 bits per heavy atom. The molecule has 2 atom stereocenters. The predicted octanol–water partition coefficient (Wildman–Crippen LogP) is 10.9. The number of rotatable bonds is 11. The summed E-state index contributed by atoms with van der Waals surface area (Å²) in [5.74, 6) is 0.